The van der Waals surface area contributed by atoms with Gasteiger partial charge in [-0.25, -0.2) is 15.0 Å². The molecule has 0 aliphatic heterocycles. The minimum atomic E-state index is -0.130. The molecule has 184 valence electrons. The number of aromatic amines is 1. The second-order valence-electron chi connectivity index (χ2n) is 8.62. The molecule has 0 spiro atoms. The third-order valence-electron chi connectivity index (χ3n) is 6.10. The zero-order chi connectivity index (χ0) is 25.5. The normalized spacial score (nSPS) is 10.8. The van der Waals surface area contributed by atoms with Gasteiger partial charge in [-0.15, -0.1) is 0 Å². The Labute approximate surface area is 214 Å². The molecule has 0 aliphatic rings. The molecular formula is C28H26N8O. The van der Waals surface area contributed by atoms with E-state index in [9.17, 15) is 10.1 Å². The van der Waals surface area contributed by atoms with E-state index in [2.05, 4.69) is 36.6 Å². The number of carbonyl (C=O) groups excluding carboxylic acids is 1. The number of imidazole rings is 1. The van der Waals surface area contributed by atoms with Crippen LogP contribution in [0.1, 0.15) is 27.9 Å². The van der Waals surface area contributed by atoms with Gasteiger partial charge in [0, 0.05) is 66.5 Å². The number of H-pyrrole nitrogens is 1. The Morgan fingerprint density at radius 3 is 2.78 bits per heavy atom. The Kier molecular flexibility index (Phi) is 7.18. The molecular weight excluding hydrogens is 464 g/mol. The Morgan fingerprint density at radius 1 is 1.08 bits per heavy atom. The number of anilines is 1. The molecule has 3 heterocycles. The zero-order valence-corrected chi connectivity index (χ0v) is 20.2. The molecule has 0 saturated carbocycles. The van der Waals surface area contributed by atoms with Crippen molar-refractivity contribution in [2.24, 2.45) is 0 Å². The molecule has 0 unspecified atom stereocenters. The second kappa shape index (κ2) is 11.2. The summed E-state index contributed by atoms with van der Waals surface area (Å²) in [5.41, 5.74) is 4.90. The number of aryl methyl sites for hydroxylation is 1. The molecule has 5 rings (SSSR count). The smallest absolute Gasteiger partial charge is 0.251 e. The van der Waals surface area contributed by atoms with E-state index in [0.717, 1.165) is 47.2 Å². The minimum absolute atomic E-state index is 0.130. The van der Waals surface area contributed by atoms with Crippen LogP contribution in [0.5, 0.6) is 0 Å². The first-order valence-electron chi connectivity index (χ1n) is 12.1. The standard InChI is InChI=1S/C28H26N8O/c29-17-23-18-34-26-7-2-20(16-24(23)26)8-11-31-27(37)22-5-3-21(4-6-22)25-9-12-33-28(35-25)32-10-1-14-36-15-13-30-19-36/h2-7,9,12-13,15-16,18-19,34H,1,8,10-11,14H2,(H,31,37)(H,32,33,35). The average Bonchev–Trinajstić information content (AvgIpc) is 3.61. The summed E-state index contributed by atoms with van der Waals surface area (Å²) in [4.78, 5) is 28.7. The van der Waals surface area contributed by atoms with Gasteiger partial charge in [-0.1, -0.05) is 18.2 Å². The molecule has 0 saturated heterocycles. The van der Waals surface area contributed by atoms with Crippen LogP contribution in [0.15, 0.2) is 79.6 Å². The lowest BCUT2D eigenvalue weighted by Gasteiger charge is -2.08. The molecule has 3 aromatic heterocycles. The fraction of sp³-hybridized carbons (Fsp3) is 0.179. The maximum Gasteiger partial charge on any atom is 0.251 e. The molecule has 0 atom stereocenters. The minimum Gasteiger partial charge on any atom is -0.360 e. The Hall–Kier alpha value is -4.97. The summed E-state index contributed by atoms with van der Waals surface area (Å²) in [6, 6.07) is 17.4. The van der Waals surface area contributed by atoms with Crippen LogP contribution in [0.25, 0.3) is 22.2 Å². The number of hydrogen-bond donors (Lipinski definition) is 3. The highest BCUT2D eigenvalue weighted by atomic mass is 16.1. The number of fused-ring (bicyclic) bond motifs is 1. The lowest BCUT2D eigenvalue weighted by atomic mass is 10.1. The van der Waals surface area contributed by atoms with E-state index >= 15 is 0 Å². The van der Waals surface area contributed by atoms with Gasteiger partial charge < -0.3 is 20.2 Å². The Bertz CT molecular complexity index is 1530. The summed E-state index contributed by atoms with van der Waals surface area (Å²) in [6.45, 7) is 2.12. The van der Waals surface area contributed by atoms with Gasteiger partial charge in [0.15, 0.2) is 0 Å². The van der Waals surface area contributed by atoms with E-state index in [-0.39, 0.29) is 5.91 Å². The molecule has 0 bridgehead atoms. The van der Waals surface area contributed by atoms with E-state index in [4.69, 9.17) is 0 Å². The fourth-order valence-electron chi connectivity index (χ4n) is 4.12. The molecule has 5 aromatic rings. The van der Waals surface area contributed by atoms with Gasteiger partial charge in [-0.05, 0) is 48.7 Å². The summed E-state index contributed by atoms with van der Waals surface area (Å²) >= 11 is 0. The third-order valence-corrected chi connectivity index (χ3v) is 6.10. The highest BCUT2D eigenvalue weighted by Crippen LogP contribution is 2.20. The fourth-order valence-corrected chi connectivity index (χ4v) is 4.12. The molecule has 0 radical (unpaired) electrons. The van der Waals surface area contributed by atoms with Gasteiger partial charge in [0.1, 0.15) is 6.07 Å². The van der Waals surface area contributed by atoms with Crippen LogP contribution in [0, 0.1) is 11.3 Å². The van der Waals surface area contributed by atoms with Crippen LogP contribution < -0.4 is 10.6 Å². The molecule has 9 heteroatoms. The molecule has 37 heavy (non-hydrogen) atoms. The van der Waals surface area contributed by atoms with Crippen molar-refractivity contribution in [3.05, 3.63) is 96.3 Å². The molecule has 9 nitrogen and oxygen atoms in total. The van der Waals surface area contributed by atoms with Crippen molar-refractivity contribution in [2.45, 2.75) is 19.4 Å². The third kappa shape index (κ3) is 5.82. The number of rotatable bonds is 10. The first kappa shape index (κ1) is 23.8. The van der Waals surface area contributed by atoms with Crippen molar-refractivity contribution in [2.75, 3.05) is 18.4 Å². The summed E-state index contributed by atoms with van der Waals surface area (Å²) in [7, 11) is 0. The van der Waals surface area contributed by atoms with Crippen LogP contribution >= 0.6 is 0 Å². The van der Waals surface area contributed by atoms with Crippen molar-refractivity contribution >= 4 is 22.8 Å². The number of carbonyl (C=O) groups is 1. The van der Waals surface area contributed by atoms with Gasteiger partial charge in [0.25, 0.3) is 5.91 Å². The zero-order valence-electron chi connectivity index (χ0n) is 20.2. The molecule has 2 aromatic carbocycles. The summed E-state index contributed by atoms with van der Waals surface area (Å²) < 4.78 is 2.03. The second-order valence-corrected chi connectivity index (χ2v) is 8.62. The van der Waals surface area contributed by atoms with Crippen LogP contribution in [0.3, 0.4) is 0 Å². The van der Waals surface area contributed by atoms with Gasteiger partial charge in [0.2, 0.25) is 5.95 Å². The maximum absolute atomic E-state index is 12.6. The predicted molar refractivity (Wildman–Crippen MR) is 142 cm³/mol. The van der Waals surface area contributed by atoms with Crippen molar-refractivity contribution in [3.63, 3.8) is 0 Å². The summed E-state index contributed by atoms with van der Waals surface area (Å²) in [6.07, 6.45) is 10.6. The number of nitrogens with one attached hydrogen (secondary N) is 3. The van der Waals surface area contributed by atoms with E-state index < -0.39 is 0 Å². The first-order chi connectivity index (χ1) is 18.2. The van der Waals surface area contributed by atoms with Crippen LogP contribution in [0.4, 0.5) is 5.95 Å². The van der Waals surface area contributed by atoms with Gasteiger partial charge >= 0.3 is 0 Å². The predicted octanol–water partition coefficient (Wildman–Crippen LogP) is 4.17. The average molecular weight is 491 g/mol. The lowest BCUT2D eigenvalue weighted by Crippen LogP contribution is -2.25. The molecule has 0 fully saturated rings. The van der Waals surface area contributed by atoms with E-state index in [1.54, 1.807) is 37.1 Å². The van der Waals surface area contributed by atoms with Crippen molar-refractivity contribution in [1.82, 2.24) is 29.8 Å². The number of nitrogens with zero attached hydrogens (tertiary/aromatic N) is 5. The summed E-state index contributed by atoms with van der Waals surface area (Å²) in [5.74, 6) is 0.444. The Balaban J connectivity index is 1.13. The van der Waals surface area contributed by atoms with Crippen LogP contribution in [0.2, 0.25) is 0 Å². The largest absolute Gasteiger partial charge is 0.360 e. The van der Waals surface area contributed by atoms with E-state index in [1.165, 1.54) is 0 Å². The number of hydrogen-bond acceptors (Lipinski definition) is 6. The van der Waals surface area contributed by atoms with Crippen molar-refractivity contribution in [1.29, 1.82) is 5.26 Å². The van der Waals surface area contributed by atoms with Crippen LogP contribution in [-0.2, 0) is 13.0 Å². The molecule has 3 N–H and O–H groups in total. The topological polar surface area (TPSA) is 124 Å². The number of nitriles is 1. The van der Waals surface area contributed by atoms with Crippen molar-refractivity contribution in [3.8, 4) is 17.3 Å². The first-order valence-corrected chi connectivity index (χ1v) is 12.1. The van der Waals surface area contributed by atoms with E-state index in [1.807, 2.05) is 47.2 Å². The number of amides is 1. The van der Waals surface area contributed by atoms with Gasteiger partial charge in [-0.2, -0.15) is 5.26 Å². The molecule has 0 aliphatic carbocycles. The summed E-state index contributed by atoms with van der Waals surface area (Å²) in [5, 5.41) is 16.4. The maximum atomic E-state index is 12.6. The highest BCUT2D eigenvalue weighted by molar-refractivity contribution is 5.94. The SMILES string of the molecule is N#Cc1c[nH]c2ccc(CCNC(=O)c3ccc(-c4ccnc(NCCCn5ccnc5)n4)cc3)cc12. The van der Waals surface area contributed by atoms with Crippen LogP contribution in [-0.4, -0.2) is 43.5 Å². The monoisotopic (exact) mass is 490 g/mol. The molecule has 1 amide bonds. The van der Waals surface area contributed by atoms with E-state index in [0.29, 0.717) is 30.0 Å². The van der Waals surface area contributed by atoms with Gasteiger partial charge in [-0.3, -0.25) is 4.79 Å². The Morgan fingerprint density at radius 2 is 1.97 bits per heavy atom. The number of benzene rings is 2. The lowest BCUT2D eigenvalue weighted by molar-refractivity contribution is 0.0954. The van der Waals surface area contributed by atoms with Crippen molar-refractivity contribution < 1.29 is 4.79 Å². The quantitative estimate of drug-likeness (QED) is 0.253. The van der Waals surface area contributed by atoms with Gasteiger partial charge in [0.05, 0.1) is 17.6 Å². The number of aromatic nitrogens is 5. The highest BCUT2D eigenvalue weighted by Gasteiger charge is 2.08.